The molecule has 0 N–H and O–H groups in total. The highest BCUT2D eigenvalue weighted by atomic mass is 16.2. The highest BCUT2D eigenvalue weighted by Gasteiger charge is 2.26. The number of nitrogens with zero attached hydrogens (tertiary/aromatic N) is 5. The number of pyridine rings is 1. The van der Waals surface area contributed by atoms with E-state index in [4.69, 9.17) is 0 Å². The molecule has 0 unspecified atom stereocenters. The molecular weight excluding hydrogens is 302 g/mol. The van der Waals surface area contributed by atoms with E-state index in [0.717, 1.165) is 45.6 Å². The van der Waals surface area contributed by atoms with Crippen LogP contribution >= 0.6 is 0 Å². The van der Waals surface area contributed by atoms with Crippen molar-refractivity contribution in [1.29, 1.82) is 0 Å². The Hall–Kier alpha value is -2.21. The molecule has 0 saturated carbocycles. The molecule has 6 nitrogen and oxygen atoms in total. The molecule has 1 atom stereocenters. The Morgan fingerprint density at radius 3 is 2.83 bits per heavy atom. The van der Waals surface area contributed by atoms with Crippen molar-refractivity contribution in [2.75, 3.05) is 26.2 Å². The normalized spacial score (nSPS) is 17.5. The summed E-state index contributed by atoms with van der Waals surface area (Å²) in [5, 5.41) is 4.25. The second-order valence-corrected chi connectivity index (χ2v) is 6.23. The lowest BCUT2D eigenvalue weighted by molar-refractivity contribution is -0.135. The van der Waals surface area contributed by atoms with E-state index in [1.165, 1.54) is 5.56 Å². The van der Waals surface area contributed by atoms with Gasteiger partial charge in [0.25, 0.3) is 0 Å². The molecule has 1 aliphatic heterocycles. The van der Waals surface area contributed by atoms with Crippen molar-refractivity contribution >= 4 is 5.91 Å². The summed E-state index contributed by atoms with van der Waals surface area (Å²) in [5.41, 5.74) is 1.22. The van der Waals surface area contributed by atoms with Gasteiger partial charge < -0.3 is 4.90 Å². The third-order valence-corrected chi connectivity index (χ3v) is 4.55. The van der Waals surface area contributed by atoms with E-state index in [1.807, 2.05) is 36.4 Å². The molecule has 128 valence electrons. The molecule has 1 amide bonds. The maximum Gasteiger partial charge on any atom is 0.247 e. The van der Waals surface area contributed by atoms with Crippen LogP contribution < -0.4 is 0 Å². The molecule has 0 radical (unpaired) electrons. The molecule has 0 aliphatic carbocycles. The molecular formula is C18H25N5O. The van der Waals surface area contributed by atoms with Crippen LogP contribution in [0, 0.1) is 0 Å². The van der Waals surface area contributed by atoms with E-state index in [0.29, 0.717) is 0 Å². The van der Waals surface area contributed by atoms with Crippen molar-refractivity contribution < 1.29 is 4.79 Å². The molecule has 1 saturated heterocycles. The molecule has 2 aromatic rings. The van der Waals surface area contributed by atoms with Gasteiger partial charge in [-0.25, -0.2) is 0 Å². The van der Waals surface area contributed by atoms with E-state index >= 15 is 0 Å². The van der Waals surface area contributed by atoms with Crippen LogP contribution in [-0.4, -0.2) is 56.7 Å². The zero-order chi connectivity index (χ0) is 16.8. The maximum atomic E-state index is 12.9. The lowest BCUT2D eigenvalue weighted by atomic mass is 10.2. The number of amides is 1. The zero-order valence-electron chi connectivity index (χ0n) is 14.2. The van der Waals surface area contributed by atoms with Gasteiger partial charge in [0.1, 0.15) is 6.04 Å². The van der Waals surface area contributed by atoms with E-state index in [1.54, 1.807) is 17.1 Å². The number of carbonyl (C=O) groups excluding carboxylic acids is 1. The molecule has 3 rings (SSSR count). The minimum Gasteiger partial charge on any atom is -0.340 e. The summed E-state index contributed by atoms with van der Waals surface area (Å²) in [6.07, 6.45) is 9.08. The minimum atomic E-state index is -0.190. The van der Waals surface area contributed by atoms with Gasteiger partial charge in [0.2, 0.25) is 5.91 Å². The Morgan fingerprint density at radius 1 is 1.21 bits per heavy atom. The topological polar surface area (TPSA) is 54.3 Å². The van der Waals surface area contributed by atoms with Crippen LogP contribution in [0.15, 0.2) is 43.0 Å². The van der Waals surface area contributed by atoms with Crippen molar-refractivity contribution in [3.05, 3.63) is 48.5 Å². The summed E-state index contributed by atoms with van der Waals surface area (Å²) in [6, 6.07) is 5.75. The molecule has 2 aromatic heterocycles. The molecule has 3 heterocycles. The van der Waals surface area contributed by atoms with Crippen molar-refractivity contribution in [3.63, 3.8) is 0 Å². The van der Waals surface area contributed by atoms with Gasteiger partial charge in [0.05, 0.1) is 0 Å². The number of aromatic nitrogens is 3. The van der Waals surface area contributed by atoms with Crippen LogP contribution in [0.4, 0.5) is 0 Å². The van der Waals surface area contributed by atoms with Gasteiger partial charge in [-0.05, 0) is 30.5 Å². The first kappa shape index (κ1) is 16.6. The molecule has 0 spiro atoms. The standard InChI is InChI=1S/C18H25N5O/c1-2-17(23-11-4-8-20-23)18(24)22-10-5-9-21(12-13-22)15-16-6-3-7-19-14-16/h3-4,6-8,11,14,17H,2,5,9-10,12-13,15H2,1H3/t17-/m0/s1. The van der Waals surface area contributed by atoms with Crippen molar-refractivity contribution in [2.45, 2.75) is 32.4 Å². The molecule has 0 aromatic carbocycles. The van der Waals surface area contributed by atoms with E-state index in [2.05, 4.69) is 21.0 Å². The monoisotopic (exact) mass is 327 g/mol. The van der Waals surface area contributed by atoms with Gasteiger partial charge in [-0.3, -0.25) is 19.4 Å². The average molecular weight is 327 g/mol. The lowest BCUT2D eigenvalue weighted by Crippen LogP contribution is -2.39. The number of carbonyl (C=O) groups is 1. The first-order valence-corrected chi connectivity index (χ1v) is 8.67. The third kappa shape index (κ3) is 4.00. The van der Waals surface area contributed by atoms with E-state index < -0.39 is 0 Å². The van der Waals surface area contributed by atoms with Crippen LogP contribution in [0.2, 0.25) is 0 Å². The first-order chi connectivity index (χ1) is 11.8. The molecule has 1 aliphatic rings. The highest BCUT2D eigenvalue weighted by molar-refractivity contribution is 5.80. The Kier molecular flexibility index (Phi) is 5.59. The SMILES string of the molecule is CC[C@@H](C(=O)N1CCCN(Cc2cccnc2)CC1)n1cccn1. The number of hydrogen-bond donors (Lipinski definition) is 0. The quantitative estimate of drug-likeness (QED) is 0.842. The average Bonchev–Trinajstić information content (AvgIpc) is 3.03. The fourth-order valence-electron chi connectivity index (χ4n) is 3.25. The Bertz CT molecular complexity index is 628. The summed E-state index contributed by atoms with van der Waals surface area (Å²) in [5.74, 6) is 0.185. The van der Waals surface area contributed by atoms with Gasteiger partial charge in [0, 0.05) is 57.5 Å². The van der Waals surface area contributed by atoms with Crippen LogP contribution in [0.1, 0.15) is 31.4 Å². The van der Waals surface area contributed by atoms with Gasteiger partial charge in [-0.2, -0.15) is 5.10 Å². The van der Waals surface area contributed by atoms with Gasteiger partial charge in [-0.1, -0.05) is 13.0 Å². The van der Waals surface area contributed by atoms with Crippen molar-refractivity contribution in [3.8, 4) is 0 Å². The zero-order valence-corrected chi connectivity index (χ0v) is 14.2. The summed E-state index contributed by atoms with van der Waals surface area (Å²) in [6.45, 7) is 6.44. The van der Waals surface area contributed by atoms with E-state index in [9.17, 15) is 4.79 Å². The summed E-state index contributed by atoms with van der Waals surface area (Å²) in [7, 11) is 0. The number of hydrogen-bond acceptors (Lipinski definition) is 4. The molecule has 24 heavy (non-hydrogen) atoms. The Labute approximate surface area is 143 Å². The van der Waals surface area contributed by atoms with Crippen LogP contribution in [0.25, 0.3) is 0 Å². The number of rotatable bonds is 5. The van der Waals surface area contributed by atoms with Gasteiger partial charge in [-0.15, -0.1) is 0 Å². The fourth-order valence-corrected chi connectivity index (χ4v) is 3.25. The Morgan fingerprint density at radius 2 is 2.12 bits per heavy atom. The van der Waals surface area contributed by atoms with Gasteiger partial charge >= 0.3 is 0 Å². The van der Waals surface area contributed by atoms with Gasteiger partial charge in [0.15, 0.2) is 0 Å². The lowest BCUT2D eigenvalue weighted by Gasteiger charge is -2.26. The first-order valence-electron chi connectivity index (χ1n) is 8.67. The van der Waals surface area contributed by atoms with Crippen molar-refractivity contribution in [1.82, 2.24) is 24.6 Å². The molecule has 6 heteroatoms. The van der Waals surface area contributed by atoms with E-state index in [-0.39, 0.29) is 11.9 Å². The highest BCUT2D eigenvalue weighted by Crippen LogP contribution is 2.16. The second-order valence-electron chi connectivity index (χ2n) is 6.23. The second kappa shape index (κ2) is 8.06. The smallest absolute Gasteiger partial charge is 0.247 e. The summed E-state index contributed by atoms with van der Waals surface area (Å²) >= 11 is 0. The Balaban J connectivity index is 1.59. The summed E-state index contributed by atoms with van der Waals surface area (Å²) in [4.78, 5) is 21.5. The predicted molar refractivity (Wildman–Crippen MR) is 92.3 cm³/mol. The van der Waals surface area contributed by atoms with Crippen LogP contribution in [-0.2, 0) is 11.3 Å². The fraction of sp³-hybridized carbons (Fsp3) is 0.500. The molecule has 0 bridgehead atoms. The van der Waals surface area contributed by atoms with Crippen LogP contribution in [0.3, 0.4) is 0 Å². The van der Waals surface area contributed by atoms with Crippen molar-refractivity contribution in [2.24, 2.45) is 0 Å². The largest absolute Gasteiger partial charge is 0.340 e. The predicted octanol–water partition coefficient (Wildman–Crippen LogP) is 1.96. The minimum absolute atomic E-state index is 0.185. The van der Waals surface area contributed by atoms with Crippen LogP contribution in [0.5, 0.6) is 0 Å². The third-order valence-electron chi connectivity index (χ3n) is 4.55. The summed E-state index contributed by atoms with van der Waals surface area (Å²) < 4.78 is 1.78. The molecule has 1 fully saturated rings. The maximum absolute atomic E-state index is 12.9.